The summed E-state index contributed by atoms with van der Waals surface area (Å²) in [6.45, 7) is 5.18. The summed E-state index contributed by atoms with van der Waals surface area (Å²) in [5.41, 5.74) is 0.488. The maximum absolute atomic E-state index is 16.0. The summed E-state index contributed by atoms with van der Waals surface area (Å²) in [4.78, 5) is 20.0. The number of aryl methyl sites for hydroxylation is 1. The Bertz CT molecular complexity index is 1490. The van der Waals surface area contributed by atoms with Crippen LogP contribution in [0.2, 0.25) is 0 Å². The van der Waals surface area contributed by atoms with Crippen molar-refractivity contribution < 1.29 is 17.8 Å². The Morgan fingerprint density at radius 3 is 2.54 bits per heavy atom. The van der Waals surface area contributed by atoms with E-state index in [1.807, 2.05) is 35.7 Å². The van der Waals surface area contributed by atoms with Crippen molar-refractivity contribution >= 4 is 27.3 Å². The molecule has 41 heavy (non-hydrogen) atoms. The van der Waals surface area contributed by atoms with Gasteiger partial charge in [0.05, 0.1) is 17.8 Å². The Balaban J connectivity index is 1.22. The van der Waals surface area contributed by atoms with Crippen molar-refractivity contribution in [2.75, 3.05) is 49.6 Å². The van der Waals surface area contributed by atoms with Gasteiger partial charge in [0.15, 0.2) is 0 Å². The zero-order chi connectivity index (χ0) is 28.7. The first kappa shape index (κ1) is 26.8. The number of aromatic nitrogens is 2. The van der Waals surface area contributed by atoms with E-state index in [4.69, 9.17) is 0 Å². The van der Waals surface area contributed by atoms with Gasteiger partial charge in [-0.15, -0.1) is 0 Å². The van der Waals surface area contributed by atoms with Crippen LogP contribution in [0.25, 0.3) is 0 Å². The van der Waals surface area contributed by atoms with Crippen LogP contribution in [0.15, 0.2) is 29.2 Å². The van der Waals surface area contributed by atoms with Gasteiger partial charge in [-0.3, -0.25) is 9.00 Å². The summed E-state index contributed by atoms with van der Waals surface area (Å²) >= 11 is 0. The molecule has 0 bridgehead atoms. The Labute approximate surface area is 239 Å². The van der Waals surface area contributed by atoms with E-state index in [-0.39, 0.29) is 35.4 Å². The molecular weight excluding hydrogens is 548 g/mol. The molecule has 2 aliphatic carbocycles. The highest BCUT2D eigenvalue weighted by Crippen LogP contribution is 2.60. The smallest absolute Gasteiger partial charge is 0.331 e. The summed E-state index contributed by atoms with van der Waals surface area (Å²) < 4.78 is 48.5. The van der Waals surface area contributed by atoms with Crippen molar-refractivity contribution in [1.82, 2.24) is 20.0 Å². The molecule has 4 heterocycles. The van der Waals surface area contributed by atoms with Crippen molar-refractivity contribution in [3.8, 4) is 6.07 Å². The lowest BCUT2D eigenvalue weighted by Crippen LogP contribution is -2.52. The van der Waals surface area contributed by atoms with Gasteiger partial charge >= 0.3 is 5.25 Å². The number of thiol groups is 1. The summed E-state index contributed by atoms with van der Waals surface area (Å²) in [5, 5.41) is 12.8. The minimum absolute atomic E-state index is 0.0365. The summed E-state index contributed by atoms with van der Waals surface area (Å²) in [7, 11) is -2.14. The fourth-order valence-corrected chi connectivity index (χ4v) is 10.2. The third kappa shape index (κ3) is 4.02. The molecule has 12 heteroatoms. The number of carbonyl (C=O) groups is 1. The largest absolute Gasteiger partial charge is 0.369 e. The number of halogens is 2. The fourth-order valence-electron chi connectivity index (χ4n) is 6.92. The zero-order valence-electron chi connectivity index (χ0n) is 23.5. The first-order valence-corrected chi connectivity index (χ1v) is 16.5. The molecule has 1 aromatic carbocycles. The molecule has 220 valence electrons. The minimum atomic E-state index is -4.18. The number of carbonyl (C=O) groups excluding carboxylic acids is 1. The Kier molecular flexibility index (Phi) is 6.04. The maximum atomic E-state index is 16.0. The van der Waals surface area contributed by atoms with Crippen LogP contribution in [0, 0.1) is 18.3 Å². The summed E-state index contributed by atoms with van der Waals surface area (Å²) in [5.74, 6) is 0.337. The second kappa shape index (κ2) is 9.23. The van der Waals surface area contributed by atoms with Crippen LogP contribution < -0.4 is 15.1 Å². The molecule has 5 aliphatic rings. The van der Waals surface area contributed by atoms with Crippen molar-refractivity contribution in [3.63, 3.8) is 0 Å². The zero-order valence-corrected chi connectivity index (χ0v) is 24.4. The molecule has 3 aliphatic heterocycles. The van der Waals surface area contributed by atoms with Gasteiger partial charge in [0.2, 0.25) is 5.91 Å². The molecule has 0 spiro atoms. The standard InChI is InChI=1S/C29H37F2N7O2S/c1-19-14-26(38(34-19)20-4-3-5-20)37-17-22(16-24(37)27(39)33-28(18-32)8-9-28)41(40)25-7-6-21(15-23(25)29(41,30)31)36-12-10-35(2)11-13-36/h6-7,14-15,20,22,24,41H,3-5,8-13,16-17H2,1-2H3,(H,33,39)/t22-,24+/m1/s1. The van der Waals surface area contributed by atoms with Gasteiger partial charge in [-0.2, -0.15) is 19.1 Å². The number of fused-ring (bicyclic) bond motifs is 1. The quantitative estimate of drug-likeness (QED) is 0.504. The molecule has 2 saturated heterocycles. The third-order valence-corrected chi connectivity index (χ3v) is 13.5. The highest BCUT2D eigenvalue weighted by atomic mass is 32.2. The SMILES string of the molecule is Cc1cc(N2C[C@H]([SH]3(=O)c4ccc(N5CCN(C)CC5)cc4C3(F)F)C[C@H]2C(=O)NC2(C#N)CC2)n(C2CCC2)n1. The maximum Gasteiger partial charge on any atom is 0.331 e. The number of amides is 1. The number of hydrogen-bond acceptors (Lipinski definition) is 7. The molecule has 1 amide bonds. The van der Waals surface area contributed by atoms with Gasteiger partial charge in [-0.25, -0.2) is 4.68 Å². The predicted octanol–water partition coefficient (Wildman–Crippen LogP) is 2.93. The van der Waals surface area contributed by atoms with Gasteiger partial charge in [-0.1, -0.05) is 0 Å². The average Bonchev–Trinajstić information content (AvgIpc) is 3.38. The number of nitrogens with zero attached hydrogens (tertiary/aromatic N) is 6. The molecule has 2 aromatic rings. The van der Waals surface area contributed by atoms with Gasteiger partial charge in [0.25, 0.3) is 0 Å². The summed E-state index contributed by atoms with van der Waals surface area (Å²) in [6.07, 6.45) is 4.22. The molecule has 1 aromatic heterocycles. The van der Waals surface area contributed by atoms with Crippen LogP contribution in [-0.4, -0.2) is 81.4 Å². The van der Waals surface area contributed by atoms with Crippen molar-refractivity contribution in [3.05, 3.63) is 35.5 Å². The van der Waals surface area contributed by atoms with E-state index in [1.54, 1.807) is 6.07 Å². The van der Waals surface area contributed by atoms with E-state index in [0.29, 0.717) is 18.7 Å². The number of nitrogens with one attached hydrogen (secondary N) is 1. The number of nitriles is 1. The monoisotopic (exact) mass is 585 g/mol. The highest BCUT2D eigenvalue weighted by Gasteiger charge is 2.64. The Morgan fingerprint density at radius 2 is 1.90 bits per heavy atom. The van der Waals surface area contributed by atoms with E-state index in [0.717, 1.165) is 56.8 Å². The van der Waals surface area contributed by atoms with E-state index < -0.39 is 32.0 Å². The topological polar surface area (TPSA) is 97.5 Å². The first-order chi connectivity index (χ1) is 19.6. The third-order valence-electron chi connectivity index (χ3n) is 9.92. The normalized spacial score (nSPS) is 28.7. The fraction of sp³-hybridized carbons (Fsp3) is 0.621. The molecule has 0 unspecified atom stereocenters. The molecule has 0 radical (unpaired) electrons. The van der Waals surface area contributed by atoms with Gasteiger partial charge in [0, 0.05) is 60.2 Å². The second-order valence-electron chi connectivity index (χ2n) is 12.6. The van der Waals surface area contributed by atoms with Crippen molar-refractivity contribution in [2.24, 2.45) is 0 Å². The van der Waals surface area contributed by atoms with Gasteiger partial charge in [0.1, 0.15) is 17.4 Å². The number of piperazine rings is 1. The van der Waals surface area contributed by atoms with Crippen LogP contribution in [0.3, 0.4) is 0 Å². The molecular formula is C29H37F2N7O2S. The number of hydrogen-bond donors (Lipinski definition) is 2. The second-order valence-corrected chi connectivity index (χ2v) is 15.7. The lowest BCUT2D eigenvalue weighted by molar-refractivity contribution is -0.122. The first-order valence-electron chi connectivity index (χ1n) is 14.7. The predicted molar refractivity (Wildman–Crippen MR) is 153 cm³/mol. The lowest BCUT2D eigenvalue weighted by atomic mass is 9.93. The van der Waals surface area contributed by atoms with Crippen LogP contribution >= 0.6 is 0 Å². The van der Waals surface area contributed by atoms with Crippen LogP contribution in [0.5, 0.6) is 0 Å². The Morgan fingerprint density at radius 1 is 1.17 bits per heavy atom. The van der Waals surface area contributed by atoms with E-state index in [1.165, 1.54) is 6.07 Å². The molecule has 2 saturated carbocycles. The highest BCUT2D eigenvalue weighted by molar-refractivity contribution is 8.05. The van der Waals surface area contributed by atoms with Crippen LogP contribution in [0.4, 0.5) is 20.3 Å². The number of benzene rings is 1. The summed E-state index contributed by atoms with van der Waals surface area (Å²) in [6, 6.07) is 8.45. The van der Waals surface area contributed by atoms with E-state index >= 15 is 8.78 Å². The minimum Gasteiger partial charge on any atom is -0.369 e. The molecule has 2 atom stereocenters. The van der Waals surface area contributed by atoms with Gasteiger partial charge in [-0.05, 0) is 80.6 Å². The lowest BCUT2D eigenvalue weighted by Gasteiger charge is -2.47. The van der Waals surface area contributed by atoms with Crippen LogP contribution in [0.1, 0.15) is 55.8 Å². The molecule has 9 nitrogen and oxygen atoms in total. The van der Waals surface area contributed by atoms with E-state index in [2.05, 4.69) is 26.3 Å². The Hall–Kier alpha value is -3.04. The average molecular weight is 586 g/mol. The molecule has 4 fully saturated rings. The van der Waals surface area contributed by atoms with Crippen LogP contribution in [-0.2, 0) is 20.0 Å². The number of rotatable bonds is 6. The van der Waals surface area contributed by atoms with Crippen molar-refractivity contribution in [1.29, 1.82) is 5.26 Å². The number of anilines is 2. The van der Waals surface area contributed by atoms with E-state index in [9.17, 15) is 14.3 Å². The number of alkyl halides is 2. The molecule has 7 rings (SSSR count). The van der Waals surface area contributed by atoms with Gasteiger partial charge < -0.3 is 20.0 Å². The molecule has 1 N–H and O–H groups in total. The number of likely N-dealkylation sites (N-methyl/N-ethyl adjacent to an activating group) is 1. The van der Waals surface area contributed by atoms with Crippen molar-refractivity contribution in [2.45, 2.75) is 78.5 Å².